The Bertz CT molecular complexity index is 434. The van der Waals surface area contributed by atoms with E-state index in [-0.39, 0.29) is 19.1 Å². The maximum atomic E-state index is 11.8. The fourth-order valence-electron chi connectivity index (χ4n) is 2.02. The van der Waals surface area contributed by atoms with E-state index in [1.165, 1.54) is 0 Å². The van der Waals surface area contributed by atoms with Gasteiger partial charge in [0.15, 0.2) is 6.61 Å². The standard InChI is InChI=1S/C13H18N2O3/c14-10-4-5-11-12(8-10)18-9-13(17)15(11)6-2-1-3-7-16/h4-5,8,16H,1-3,6-7,9,14H2. The molecule has 3 N–H and O–H groups in total. The van der Waals surface area contributed by atoms with Gasteiger partial charge in [-0.1, -0.05) is 0 Å². The number of amides is 1. The number of hydrogen-bond donors (Lipinski definition) is 2. The molecule has 1 aliphatic heterocycles. The second kappa shape index (κ2) is 5.73. The highest BCUT2D eigenvalue weighted by atomic mass is 16.5. The Morgan fingerprint density at radius 3 is 2.94 bits per heavy atom. The summed E-state index contributed by atoms with van der Waals surface area (Å²) < 4.78 is 5.36. The van der Waals surface area contributed by atoms with Crippen LogP contribution in [0.4, 0.5) is 11.4 Å². The smallest absolute Gasteiger partial charge is 0.265 e. The van der Waals surface area contributed by atoms with Gasteiger partial charge in [0.1, 0.15) is 5.75 Å². The van der Waals surface area contributed by atoms with Crippen molar-refractivity contribution in [2.45, 2.75) is 19.3 Å². The minimum absolute atomic E-state index is 0.0312. The van der Waals surface area contributed by atoms with Crippen LogP contribution in [-0.4, -0.2) is 30.8 Å². The van der Waals surface area contributed by atoms with Crippen LogP contribution < -0.4 is 15.4 Å². The molecule has 0 atom stereocenters. The molecule has 5 nitrogen and oxygen atoms in total. The van der Waals surface area contributed by atoms with Crippen LogP contribution in [0.5, 0.6) is 5.75 Å². The summed E-state index contributed by atoms with van der Waals surface area (Å²) in [5, 5.41) is 8.73. The highest BCUT2D eigenvalue weighted by Crippen LogP contribution is 2.33. The number of hydrogen-bond acceptors (Lipinski definition) is 4. The first-order valence-electron chi connectivity index (χ1n) is 6.16. The van der Waals surface area contributed by atoms with Crippen LogP contribution in [-0.2, 0) is 4.79 Å². The molecule has 1 heterocycles. The molecular formula is C13H18N2O3. The van der Waals surface area contributed by atoms with Crippen LogP contribution in [0.1, 0.15) is 19.3 Å². The summed E-state index contributed by atoms with van der Waals surface area (Å²) in [6, 6.07) is 5.32. The van der Waals surface area contributed by atoms with Crippen LogP contribution in [0.3, 0.4) is 0 Å². The predicted octanol–water partition coefficient (Wildman–Crippen LogP) is 1.16. The topological polar surface area (TPSA) is 75.8 Å². The second-order valence-electron chi connectivity index (χ2n) is 4.35. The van der Waals surface area contributed by atoms with E-state index < -0.39 is 0 Å². The number of anilines is 2. The van der Waals surface area contributed by atoms with Crippen molar-refractivity contribution in [2.24, 2.45) is 0 Å². The summed E-state index contributed by atoms with van der Waals surface area (Å²) in [5.41, 5.74) is 7.10. The molecule has 0 radical (unpaired) electrons. The van der Waals surface area contributed by atoms with Crippen LogP contribution in [0.25, 0.3) is 0 Å². The van der Waals surface area contributed by atoms with Gasteiger partial charge in [-0.15, -0.1) is 0 Å². The van der Waals surface area contributed by atoms with Crippen LogP contribution >= 0.6 is 0 Å². The number of nitrogens with zero attached hydrogens (tertiary/aromatic N) is 1. The molecule has 1 aromatic carbocycles. The SMILES string of the molecule is Nc1ccc2c(c1)OCC(=O)N2CCCCCO. The summed E-state index contributed by atoms with van der Waals surface area (Å²) in [6.45, 7) is 0.916. The molecule has 0 spiro atoms. The highest BCUT2D eigenvalue weighted by Gasteiger charge is 2.24. The number of unbranched alkanes of at least 4 members (excludes halogenated alkanes) is 2. The fraction of sp³-hybridized carbons (Fsp3) is 0.462. The minimum atomic E-state index is -0.0312. The number of ether oxygens (including phenoxy) is 1. The Labute approximate surface area is 106 Å². The highest BCUT2D eigenvalue weighted by molar-refractivity contribution is 5.98. The van der Waals surface area contributed by atoms with Gasteiger partial charge >= 0.3 is 0 Å². The average Bonchev–Trinajstić information content (AvgIpc) is 2.37. The van der Waals surface area contributed by atoms with Gasteiger partial charge in [-0.2, -0.15) is 0 Å². The van der Waals surface area contributed by atoms with Crippen molar-refractivity contribution >= 4 is 17.3 Å². The van der Waals surface area contributed by atoms with Crippen molar-refractivity contribution in [1.82, 2.24) is 0 Å². The number of carbonyl (C=O) groups excluding carboxylic acids is 1. The third-order valence-electron chi connectivity index (χ3n) is 2.97. The first-order valence-corrected chi connectivity index (χ1v) is 6.16. The van der Waals surface area contributed by atoms with Crippen molar-refractivity contribution in [2.75, 3.05) is 30.4 Å². The number of rotatable bonds is 5. The Hall–Kier alpha value is -1.75. The number of benzene rings is 1. The zero-order valence-corrected chi connectivity index (χ0v) is 10.3. The van der Waals surface area contributed by atoms with E-state index >= 15 is 0 Å². The van der Waals surface area contributed by atoms with Gasteiger partial charge in [0.05, 0.1) is 5.69 Å². The van der Waals surface area contributed by atoms with Gasteiger partial charge in [0, 0.05) is 24.9 Å². The molecule has 5 heteroatoms. The molecular weight excluding hydrogens is 232 g/mol. The summed E-state index contributed by atoms with van der Waals surface area (Å²) in [7, 11) is 0. The van der Waals surface area contributed by atoms with Gasteiger partial charge in [-0.05, 0) is 31.4 Å². The fourth-order valence-corrected chi connectivity index (χ4v) is 2.02. The van der Waals surface area contributed by atoms with Gasteiger partial charge in [0.2, 0.25) is 0 Å². The average molecular weight is 250 g/mol. The number of nitrogen functional groups attached to an aromatic ring is 1. The lowest BCUT2D eigenvalue weighted by atomic mass is 10.2. The van der Waals surface area contributed by atoms with E-state index in [4.69, 9.17) is 15.6 Å². The molecule has 0 saturated carbocycles. The Morgan fingerprint density at radius 2 is 2.17 bits per heavy atom. The molecule has 0 aromatic heterocycles. The molecule has 0 saturated heterocycles. The van der Waals surface area contributed by atoms with E-state index in [0.717, 1.165) is 24.9 Å². The minimum Gasteiger partial charge on any atom is -0.481 e. The van der Waals surface area contributed by atoms with Crippen molar-refractivity contribution in [3.8, 4) is 5.75 Å². The number of nitrogens with two attached hydrogens (primary N) is 1. The quantitative estimate of drug-likeness (QED) is 0.607. The van der Waals surface area contributed by atoms with Gasteiger partial charge in [-0.25, -0.2) is 0 Å². The summed E-state index contributed by atoms with van der Waals surface area (Å²) >= 11 is 0. The number of fused-ring (bicyclic) bond motifs is 1. The molecule has 1 aromatic rings. The monoisotopic (exact) mass is 250 g/mol. The van der Waals surface area contributed by atoms with Gasteiger partial charge in [-0.3, -0.25) is 4.79 Å². The number of aliphatic hydroxyl groups is 1. The number of aliphatic hydroxyl groups excluding tert-OH is 1. The Morgan fingerprint density at radius 1 is 1.33 bits per heavy atom. The van der Waals surface area contributed by atoms with Crippen LogP contribution in [0, 0.1) is 0 Å². The summed E-state index contributed by atoms with van der Waals surface area (Å²) in [4.78, 5) is 13.6. The molecule has 1 aliphatic rings. The van der Waals surface area contributed by atoms with E-state index in [0.29, 0.717) is 18.0 Å². The molecule has 98 valence electrons. The second-order valence-corrected chi connectivity index (χ2v) is 4.35. The lowest BCUT2D eigenvalue weighted by molar-refractivity contribution is -0.121. The largest absolute Gasteiger partial charge is 0.481 e. The third kappa shape index (κ3) is 2.73. The normalized spacial score (nSPS) is 14.3. The van der Waals surface area contributed by atoms with E-state index in [1.807, 2.05) is 6.07 Å². The lowest BCUT2D eigenvalue weighted by Crippen LogP contribution is -2.39. The van der Waals surface area contributed by atoms with Crippen molar-refractivity contribution in [3.63, 3.8) is 0 Å². The first-order chi connectivity index (χ1) is 8.72. The van der Waals surface area contributed by atoms with E-state index in [2.05, 4.69) is 0 Å². The predicted molar refractivity (Wildman–Crippen MR) is 69.6 cm³/mol. The molecule has 1 amide bonds. The van der Waals surface area contributed by atoms with Gasteiger partial charge < -0.3 is 20.5 Å². The number of carbonyl (C=O) groups is 1. The molecule has 18 heavy (non-hydrogen) atoms. The molecule has 0 fully saturated rings. The summed E-state index contributed by atoms with van der Waals surface area (Å²) in [6.07, 6.45) is 2.55. The van der Waals surface area contributed by atoms with E-state index in [1.54, 1.807) is 17.0 Å². The Balaban J connectivity index is 2.08. The van der Waals surface area contributed by atoms with Gasteiger partial charge in [0.25, 0.3) is 5.91 Å². The van der Waals surface area contributed by atoms with Crippen molar-refractivity contribution < 1.29 is 14.6 Å². The van der Waals surface area contributed by atoms with E-state index in [9.17, 15) is 4.79 Å². The lowest BCUT2D eigenvalue weighted by Gasteiger charge is -2.29. The molecule has 0 aliphatic carbocycles. The first kappa shape index (κ1) is 12.7. The Kier molecular flexibility index (Phi) is 4.04. The molecule has 0 unspecified atom stereocenters. The maximum Gasteiger partial charge on any atom is 0.265 e. The molecule has 0 bridgehead atoms. The van der Waals surface area contributed by atoms with Crippen LogP contribution in [0.15, 0.2) is 18.2 Å². The maximum absolute atomic E-state index is 11.8. The third-order valence-corrected chi connectivity index (χ3v) is 2.97. The zero-order chi connectivity index (χ0) is 13.0. The van der Waals surface area contributed by atoms with Crippen molar-refractivity contribution in [3.05, 3.63) is 18.2 Å². The van der Waals surface area contributed by atoms with Crippen molar-refractivity contribution in [1.29, 1.82) is 0 Å². The zero-order valence-electron chi connectivity index (χ0n) is 10.3. The molecule has 2 rings (SSSR count). The summed E-state index contributed by atoms with van der Waals surface area (Å²) in [5.74, 6) is 0.632. The van der Waals surface area contributed by atoms with Crippen LogP contribution in [0.2, 0.25) is 0 Å².